The molecule has 1 atom stereocenters. The van der Waals surface area contributed by atoms with Gasteiger partial charge in [0, 0.05) is 19.0 Å². The third-order valence-electron chi connectivity index (χ3n) is 4.16. The van der Waals surface area contributed by atoms with Gasteiger partial charge in [-0.05, 0) is 19.3 Å². The lowest BCUT2D eigenvalue weighted by Gasteiger charge is -2.12. The van der Waals surface area contributed by atoms with Gasteiger partial charge in [-0.15, -0.1) is 10.2 Å². The summed E-state index contributed by atoms with van der Waals surface area (Å²) < 4.78 is 24.8. The van der Waals surface area contributed by atoms with Gasteiger partial charge in [0.15, 0.2) is 15.7 Å². The molecule has 2 N–H and O–H groups in total. The number of aromatic nitrogens is 3. The molecule has 0 saturated carbocycles. The minimum Gasteiger partial charge on any atom is -0.334 e. The van der Waals surface area contributed by atoms with Gasteiger partial charge in [0.25, 0.3) is 0 Å². The number of rotatable bonds is 3. The van der Waals surface area contributed by atoms with Gasteiger partial charge in [-0.25, -0.2) is 13.2 Å². The molecule has 0 bridgehead atoms. The van der Waals surface area contributed by atoms with E-state index in [2.05, 4.69) is 25.4 Å². The zero-order chi connectivity index (χ0) is 15.6. The molecule has 3 heterocycles. The Labute approximate surface area is 129 Å². The molecular formula is C13H21N5O3S. The highest BCUT2D eigenvalue weighted by atomic mass is 32.2. The fourth-order valence-electron chi connectivity index (χ4n) is 2.98. The van der Waals surface area contributed by atoms with E-state index in [0.717, 1.165) is 37.5 Å². The monoisotopic (exact) mass is 327 g/mol. The number of fused-ring (bicyclic) bond motifs is 1. The summed E-state index contributed by atoms with van der Waals surface area (Å²) in [6.07, 6.45) is 4.83. The van der Waals surface area contributed by atoms with E-state index in [0.29, 0.717) is 13.0 Å². The maximum Gasteiger partial charge on any atom is 0.315 e. The van der Waals surface area contributed by atoms with Crippen molar-refractivity contribution in [3.63, 3.8) is 0 Å². The van der Waals surface area contributed by atoms with Gasteiger partial charge in [-0.3, -0.25) is 0 Å². The molecule has 9 heteroatoms. The summed E-state index contributed by atoms with van der Waals surface area (Å²) in [5, 5.41) is 13.8. The van der Waals surface area contributed by atoms with Crippen LogP contribution in [0.15, 0.2) is 0 Å². The first-order chi connectivity index (χ1) is 10.5. The maximum atomic E-state index is 11.9. The Hall–Kier alpha value is -1.64. The molecule has 2 aliphatic heterocycles. The first kappa shape index (κ1) is 15.3. The molecule has 8 nitrogen and oxygen atoms in total. The number of carbonyl (C=O) groups is 1. The Kier molecular flexibility index (Phi) is 4.32. The average Bonchev–Trinajstić information content (AvgIpc) is 2.91. The number of carbonyl (C=O) groups excluding carboxylic acids is 1. The number of sulfone groups is 1. The minimum atomic E-state index is -2.98. The zero-order valence-electron chi connectivity index (χ0n) is 12.4. The van der Waals surface area contributed by atoms with Crippen LogP contribution in [0.25, 0.3) is 0 Å². The SMILES string of the molecule is O=C(NCc1nnc2n1CCCCC2)NC1CCS(=O)(=O)C1. The molecule has 1 fully saturated rings. The molecule has 1 aromatic heterocycles. The van der Waals surface area contributed by atoms with Crippen LogP contribution in [0.2, 0.25) is 0 Å². The summed E-state index contributed by atoms with van der Waals surface area (Å²) in [6, 6.07) is -0.645. The zero-order valence-corrected chi connectivity index (χ0v) is 13.2. The van der Waals surface area contributed by atoms with Crippen molar-refractivity contribution in [3.8, 4) is 0 Å². The lowest BCUT2D eigenvalue weighted by atomic mass is 10.2. The Morgan fingerprint density at radius 3 is 2.91 bits per heavy atom. The van der Waals surface area contributed by atoms with Crippen LogP contribution in [0.4, 0.5) is 4.79 Å². The largest absolute Gasteiger partial charge is 0.334 e. The van der Waals surface area contributed by atoms with E-state index in [1.807, 2.05) is 0 Å². The molecule has 0 radical (unpaired) electrons. The molecule has 1 aromatic rings. The molecule has 0 aromatic carbocycles. The number of amides is 2. The molecule has 1 saturated heterocycles. The van der Waals surface area contributed by atoms with E-state index >= 15 is 0 Å². The van der Waals surface area contributed by atoms with Gasteiger partial charge in [-0.2, -0.15) is 0 Å². The molecule has 0 spiro atoms. The second kappa shape index (κ2) is 6.23. The highest BCUT2D eigenvalue weighted by molar-refractivity contribution is 7.91. The molecule has 2 amide bonds. The Balaban J connectivity index is 1.52. The van der Waals surface area contributed by atoms with Crippen molar-refractivity contribution in [3.05, 3.63) is 11.6 Å². The lowest BCUT2D eigenvalue weighted by Crippen LogP contribution is -2.42. The van der Waals surface area contributed by atoms with Crippen molar-refractivity contribution in [2.45, 2.75) is 51.2 Å². The van der Waals surface area contributed by atoms with E-state index in [-0.39, 0.29) is 23.6 Å². The fourth-order valence-corrected chi connectivity index (χ4v) is 4.65. The fraction of sp³-hybridized carbons (Fsp3) is 0.769. The van der Waals surface area contributed by atoms with E-state index in [1.54, 1.807) is 0 Å². The minimum absolute atomic E-state index is 0.0285. The molecular weight excluding hydrogens is 306 g/mol. The van der Waals surface area contributed by atoms with Crippen LogP contribution >= 0.6 is 0 Å². The highest BCUT2D eigenvalue weighted by Gasteiger charge is 2.28. The predicted molar refractivity (Wildman–Crippen MR) is 80.0 cm³/mol. The topological polar surface area (TPSA) is 106 Å². The second-order valence-corrected chi connectivity index (χ2v) is 8.15. The lowest BCUT2D eigenvalue weighted by molar-refractivity contribution is 0.237. The Morgan fingerprint density at radius 2 is 2.14 bits per heavy atom. The van der Waals surface area contributed by atoms with Crippen LogP contribution in [0, 0.1) is 0 Å². The van der Waals surface area contributed by atoms with Crippen LogP contribution < -0.4 is 10.6 Å². The van der Waals surface area contributed by atoms with Gasteiger partial charge in [0.1, 0.15) is 5.82 Å². The van der Waals surface area contributed by atoms with E-state index in [4.69, 9.17) is 0 Å². The average molecular weight is 327 g/mol. The number of aryl methyl sites for hydroxylation is 1. The molecule has 1 unspecified atom stereocenters. The van der Waals surface area contributed by atoms with Gasteiger partial charge in [0.05, 0.1) is 18.1 Å². The van der Waals surface area contributed by atoms with Crippen LogP contribution in [0.5, 0.6) is 0 Å². The standard InChI is InChI=1S/C13H21N5O3S/c19-13(15-10-5-7-22(20,21)9-10)14-8-12-17-16-11-4-2-1-3-6-18(11)12/h10H,1-9H2,(H2,14,15,19). The number of urea groups is 1. The number of hydrogen-bond donors (Lipinski definition) is 2. The molecule has 122 valence electrons. The first-order valence-corrected chi connectivity index (χ1v) is 9.51. The Bertz CT molecular complexity index is 655. The van der Waals surface area contributed by atoms with Crippen molar-refractivity contribution in [2.24, 2.45) is 0 Å². The summed E-state index contributed by atoms with van der Waals surface area (Å²) in [4.78, 5) is 11.9. The third kappa shape index (κ3) is 3.57. The Morgan fingerprint density at radius 1 is 1.27 bits per heavy atom. The van der Waals surface area contributed by atoms with Gasteiger partial charge >= 0.3 is 6.03 Å². The third-order valence-corrected chi connectivity index (χ3v) is 5.93. The van der Waals surface area contributed by atoms with Crippen LogP contribution in [0.1, 0.15) is 37.3 Å². The van der Waals surface area contributed by atoms with E-state index < -0.39 is 9.84 Å². The number of nitrogens with zero attached hydrogens (tertiary/aromatic N) is 3. The summed E-state index contributed by atoms with van der Waals surface area (Å²) in [6.45, 7) is 1.19. The van der Waals surface area contributed by atoms with Crippen molar-refractivity contribution >= 4 is 15.9 Å². The summed E-state index contributed by atoms with van der Waals surface area (Å²) in [5.74, 6) is 1.92. The van der Waals surface area contributed by atoms with E-state index in [1.165, 1.54) is 6.42 Å². The number of hydrogen-bond acceptors (Lipinski definition) is 5. The predicted octanol–water partition coefficient (Wildman–Crippen LogP) is -0.00920. The molecule has 0 aliphatic carbocycles. The summed E-state index contributed by atoms with van der Waals surface area (Å²) in [7, 11) is -2.98. The smallest absolute Gasteiger partial charge is 0.315 e. The van der Waals surface area contributed by atoms with Crippen LogP contribution in [-0.4, -0.2) is 46.8 Å². The van der Waals surface area contributed by atoms with E-state index in [9.17, 15) is 13.2 Å². The maximum absolute atomic E-state index is 11.9. The van der Waals surface area contributed by atoms with Crippen LogP contribution in [0.3, 0.4) is 0 Å². The number of nitrogens with one attached hydrogen (secondary N) is 2. The van der Waals surface area contributed by atoms with Crippen molar-refractivity contribution < 1.29 is 13.2 Å². The molecule has 22 heavy (non-hydrogen) atoms. The normalized spacial score (nSPS) is 23.5. The van der Waals surface area contributed by atoms with Gasteiger partial charge in [0.2, 0.25) is 0 Å². The van der Waals surface area contributed by atoms with Crippen molar-refractivity contribution in [2.75, 3.05) is 11.5 Å². The van der Waals surface area contributed by atoms with Crippen molar-refractivity contribution in [1.29, 1.82) is 0 Å². The van der Waals surface area contributed by atoms with Gasteiger partial charge in [-0.1, -0.05) is 6.42 Å². The van der Waals surface area contributed by atoms with Crippen molar-refractivity contribution in [1.82, 2.24) is 25.4 Å². The quantitative estimate of drug-likeness (QED) is 0.812. The second-order valence-electron chi connectivity index (χ2n) is 5.92. The summed E-state index contributed by atoms with van der Waals surface area (Å²) >= 11 is 0. The van der Waals surface area contributed by atoms with Crippen LogP contribution in [-0.2, 0) is 29.3 Å². The molecule has 2 aliphatic rings. The first-order valence-electron chi connectivity index (χ1n) is 7.69. The molecule has 3 rings (SSSR count). The highest BCUT2D eigenvalue weighted by Crippen LogP contribution is 2.14. The van der Waals surface area contributed by atoms with Gasteiger partial charge < -0.3 is 15.2 Å². The summed E-state index contributed by atoms with van der Waals surface area (Å²) in [5.41, 5.74) is 0.